The molecular formula is C15H20N2O3. The fraction of sp³-hybridized carbons (Fsp3) is 0.600. The number of aromatic nitrogens is 1. The van der Waals surface area contributed by atoms with Crippen molar-refractivity contribution in [1.29, 1.82) is 0 Å². The third-order valence-corrected chi connectivity index (χ3v) is 4.65. The number of carboxylic acid groups (broad SMARTS) is 1. The number of Topliss-reactive ketones (excluding diaryl/α,β-unsaturated/α-hetero) is 1. The highest BCUT2D eigenvalue weighted by atomic mass is 16.4. The Morgan fingerprint density at radius 2 is 2.00 bits per heavy atom. The first-order valence-electron chi connectivity index (χ1n) is 7.28. The molecule has 0 amide bonds. The van der Waals surface area contributed by atoms with E-state index in [4.69, 9.17) is 0 Å². The number of ketones is 1. The summed E-state index contributed by atoms with van der Waals surface area (Å²) < 4.78 is 1.83. The Balaban J connectivity index is 1.96. The molecule has 0 aliphatic carbocycles. The molecule has 0 saturated carbocycles. The third-order valence-electron chi connectivity index (χ3n) is 4.65. The Morgan fingerprint density at radius 3 is 2.70 bits per heavy atom. The van der Waals surface area contributed by atoms with Gasteiger partial charge in [0.25, 0.3) is 0 Å². The van der Waals surface area contributed by atoms with Crippen molar-refractivity contribution >= 4 is 11.8 Å². The Labute approximate surface area is 118 Å². The normalized spacial score (nSPS) is 26.4. The summed E-state index contributed by atoms with van der Waals surface area (Å²) >= 11 is 0. The topological polar surface area (TPSA) is 62.5 Å². The molecule has 108 valence electrons. The SMILES string of the molecule is CC(=O)c1cc(C(=O)O)n(C2CCN3CCCCC23)c1. The van der Waals surface area contributed by atoms with Crippen LogP contribution < -0.4 is 0 Å². The highest BCUT2D eigenvalue weighted by Gasteiger charge is 2.37. The molecule has 1 aromatic rings. The number of carbonyl (C=O) groups excluding carboxylic acids is 1. The van der Waals surface area contributed by atoms with Crippen molar-refractivity contribution in [2.45, 2.75) is 44.7 Å². The van der Waals surface area contributed by atoms with E-state index < -0.39 is 5.97 Å². The summed E-state index contributed by atoms with van der Waals surface area (Å²) in [7, 11) is 0. The van der Waals surface area contributed by atoms with Gasteiger partial charge in [0, 0.05) is 24.3 Å². The molecule has 3 rings (SSSR count). The average Bonchev–Trinajstić information content (AvgIpc) is 3.02. The molecule has 20 heavy (non-hydrogen) atoms. The van der Waals surface area contributed by atoms with E-state index in [1.807, 2.05) is 4.57 Å². The van der Waals surface area contributed by atoms with E-state index in [-0.39, 0.29) is 17.5 Å². The van der Waals surface area contributed by atoms with E-state index in [0.717, 1.165) is 25.9 Å². The van der Waals surface area contributed by atoms with Gasteiger partial charge in [0.05, 0.1) is 6.04 Å². The van der Waals surface area contributed by atoms with Gasteiger partial charge in [0.2, 0.25) is 0 Å². The minimum atomic E-state index is -0.952. The first-order valence-corrected chi connectivity index (χ1v) is 7.28. The number of hydrogen-bond donors (Lipinski definition) is 1. The smallest absolute Gasteiger partial charge is 0.352 e. The van der Waals surface area contributed by atoms with E-state index in [1.54, 1.807) is 6.20 Å². The van der Waals surface area contributed by atoms with Crippen LogP contribution in [0.4, 0.5) is 0 Å². The Hall–Kier alpha value is -1.62. The van der Waals surface area contributed by atoms with Gasteiger partial charge in [-0.25, -0.2) is 4.79 Å². The summed E-state index contributed by atoms with van der Waals surface area (Å²) in [4.78, 5) is 25.4. The summed E-state index contributed by atoms with van der Waals surface area (Å²) in [5.41, 5.74) is 0.740. The van der Waals surface area contributed by atoms with Gasteiger partial charge in [-0.05, 0) is 38.8 Å². The molecule has 3 heterocycles. The highest BCUT2D eigenvalue weighted by molar-refractivity contribution is 5.97. The van der Waals surface area contributed by atoms with Crippen LogP contribution >= 0.6 is 0 Å². The Bertz CT molecular complexity index is 549. The number of aromatic carboxylic acids is 1. The maximum Gasteiger partial charge on any atom is 0.352 e. The standard InChI is InChI=1S/C15H20N2O3/c1-10(18)11-8-14(15(19)20)17(9-11)13-5-7-16-6-3-2-4-12(13)16/h8-9,12-13H,2-7H2,1H3,(H,19,20). The van der Waals surface area contributed by atoms with Crippen LogP contribution in [0.5, 0.6) is 0 Å². The van der Waals surface area contributed by atoms with Crippen molar-refractivity contribution in [1.82, 2.24) is 9.47 Å². The second-order valence-corrected chi connectivity index (χ2v) is 5.84. The predicted octanol–water partition coefficient (Wildman–Crippen LogP) is 2.19. The van der Waals surface area contributed by atoms with Gasteiger partial charge in [-0.15, -0.1) is 0 Å². The fourth-order valence-corrected chi connectivity index (χ4v) is 3.66. The quantitative estimate of drug-likeness (QED) is 0.860. The van der Waals surface area contributed by atoms with Gasteiger partial charge in [-0.3, -0.25) is 9.69 Å². The zero-order chi connectivity index (χ0) is 14.3. The largest absolute Gasteiger partial charge is 0.477 e. The maximum atomic E-state index is 11.5. The molecule has 2 aliphatic rings. The van der Waals surface area contributed by atoms with E-state index in [0.29, 0.717) is 11.6 Å². The molecule has 2 fully saturated rings. The summed E-state index contributed by atoms with van der Waals surface area (Å²) in [5, 5.41) is 9.37. The Morgan fingerprint density at radius 1 is 1.20 bits per heavy atom. The Kier molecular flexibility index (Phi) is 3.38. The van der Waals surface area contributed by atoms with E-state index in [1.165, 1.54) is 25.8 Å². The second kappa shape index (κ2) is 5.05. The molecule has 2 saturated heterocycles. The zero-order valence-corrected chi connectivity index (χ0v) is 11.7. The lowest BCUT2D eigenvalue weighted by atomic mass is 9.99. The molecule has 0 aromatic carbocycles. The molecule has 0 bridgehead atoms. The van der Waals surface area contributed by atoms with Crippen molar-refractivity contribution in [2.24, 2.45) is 0 Å². The number of carboxylic acids is 1. The van der Waals surface area contributed by atoms with Crippen molar-refractivity contribution in [3.8, 4) is 0 Å². The summed E-state index contributed by atoms with van der Waals surface area (Å²) in [5.74, 6) is -1.03. The van der Waals surface area contributed by atoms with Gasteiger partial charge >= 0.3 is 5.97 Å². The van der Waals surface area contributed by atoms with Gasteiger partial charge in [-0.1, -0.05) is 6.42 Å². The lowest BCUT2D eigenvalue weighted by Crippen LogP contribution is -2.38. The fourth-order valence-electron chi connectivity index (χ4n) is 3.66. The first-order chi connectivity index (χ1) is 9.58. The number of carbonyl (C=O) groups is 2. The lowest BCUT2D eigenvalue weighted by Gasteiger charge is -2.33. The summed E-state index contributed by atoms with van der Waals surface area (Å²) in [6.07, 6.45) is 6.27. The number of hydrogen-bond acceptors (Lipinski definition) is 3. The zero-order valence-electron chi connectivity index (χ0n) is 11.7. The molecule has 0 spiro atoms. The van der Waals surface area contributed by atoms with Crippen LogP contribution in [0, 0.1) is 0 Å². The highest BCUT2D eigenvalue weighted by Crippen LogP contribution is 2.36. The monoisotopic (exact) mass is 276 g/mol. The molecule has 5 heteroatoms. The molecule has 2 unspecified atom stereocenters. The van der Waals surface area contributed by atoms with Crippen LogP contribution in [-0.2, 0) is 0 Å². The minimum Gasteiger partial charge on any atom is -0.477 e. The number of nitrogens with zero attached hydrogens (tertiary/aromatic N) is 2. The molecule has 5 nitrogen and oxygen atoms in total. The number of rotatable bonds is 3. The number of fused-ring (bicyclic) bond motifs is 1. The van der Waals surface area contributed by atoms with Crippen LogP contribution in [0.15, 0.2) is 12.3 Å². The van der Waals surface area contributed by atoms with E-state index in [9.17, 15) is 14.7 Å². The van der Waals surface area contributed by atoms with Gasteiger partial charge in [-0.2, -0.15) is 0 Å². The molecule has 0 radical (unpaired) electrons. The van der Waals surface area contributed by atoms with Crippen molar-refractivity contribution in [3.05, 3.63) is 23.5 Å². The van der Waals surface area contributed by atoms with Crippen LogP contribution in [0.1, 0.15) is 59.5 Å². The summed E-state index contributed by atoms with van der Waals surface area (Å²) in [6.45, 7) is 3.62. The minimum absolute atomic E-state index is 0.0789. The number of piperidine rings is 1. The van der Waals surface area contributed by atoms with Gasteiger partial charge in [0.15, 0.2) is 5.78 Å². The van der Waals surface area contributed by atoms with E-state index in [2.05, 4.69) is 4.90 Å². The first kappa shape index (κ1) is 13.4. The third kappa shape index (κ3) is 2.16. The lowest BCUT2D eigenvalue weighted by molar-refractivity contribution is 0.0679. The van der Waals surface area contributed by atoms with Crippen LogP contribution in [-0.4, -0.2) is 45.5 Å². The predicted molar refractivity (Wildman–Crippen MR) is 74.3 cm³/mol. The average molecular weight is 276 g/mol. The second-order valence-electron chi connectivity index (χ2n) is 5.84. The van der Waals surface area contributed by atoms with Crippen molar-refractivity contribution in [3.63, 3.8) is 0 Å². The van der Waals surface area contributed by atoms with Crippen LogP contribution in [0.2, 0.25) is 0 Å². The molecule has 1 aromatic heterocycles. The van der Waals surface area contributed by atoms with Crippen molar-refractivity contribution < 1.29 is 14.7 Å². The molecular weight excluding hydrogens is 256 g/mol. The maximum absolute atomic E-state index is 11.5. The van der Waals surface area contributed by atoms with E-state index >= 15 is 0 Å². The van der Waals surface area contributed by atoms with Gasteiger partial charge in [0.1, 0.15) is 5.69 Å². The molecule has 1 N–H and O–H groups in total. The van der Waals surface area contributed by atoms with Crippen molar-refractivity contribution in [2.75, 3.05) is 13.1 Å². The van der Waals surface area contributed by atoms with Crippen LogP contribution in [0.25, 0.3) is 0 Å². The summed E-state index contributed by atoms with van der Waals surface area (Å²) in [6, 6.07) is 2.12. The molecule has 2 aliphatic heterocycles. The molecule has 2 atom stereocenters. The van der Waals surface area contributed by atoms with Crippen LogP contribution in [0.3, 0.4) is 0 Å². The van der Waals surface area contributed by atoms with Gasteiger partial charge < -0.3 is 9.67 Å².